The molecule has 0 radical (unpaired) electrons. The standard InChI is InChI=1S/C16H13Cl2NO4S/c1-9-2-5-14(24-9)13(20)8-23-15(21)7-19-16(22)11-4-3-10(17)6-12(11)18/h2-6H,7-8H2,1H3,(H,19,22). The van der Waals surface area contributed by atoms with Gasteiger partial charge < -0.3 is 10.1 Å². The van der Waals surface area contributed by atoms with Crippen molar-refractivity contribution >= 4 is 52.2 Å². The number of benzene rings is 1. The number of rotatable bonds is 6. The van der Waals surface area contributed by atoms with Crippen LogP contribution < -0.4 is 5.32 Å². The van der Waals surface area contributed by atoms with E-state index in [-0.39, 0.29) is 29.5 Å². The Bertz CT molecular complexity index is 788. The minimum atomic E-state index is -0.713. The molecule has 0 aliphatic heterocycles. The third-order valence-electron chi connectivity index (χ3n) is 2.95. The van der Waals surface area contributed by atoms with Gasteiger partial charge in [0.1, 0.15) is 6.54 Å². The molecule has 1 amide bonds. The molecule has 126 valence electrons. The van der Waals surface area contributed by atoms with Gasteiger partial charge in [-0.05, 0) is 37.3 Å². The van der Waals surface area contributed by atoms with E-state index in [2.05, 4.69) is 5.32 Å². The number of aryl methyl sites for hydroxylation is 1. The van der Waals surface area contributed by atoms with Crippen LogP contribution in [-0.4, -0.2) is 30.8 Å². The van der Waals surface area contributed by atoms with Crippen molar-refractivity contribution < 1.29 is 19.1 Å². The molecule has 0 atom stereocenters. The minimum absolute atomic E-state index is 0.177. The lowest BCUT2D eigenvalue weighted by Gasteiger charge is -2.07. The molecule has 0 bridgehead atoms. The van der Waals surface area contributed by atoms with Crippen molar-refractivity contribution in [3.05, 3.63) is 55.7 Å². The van der Waals surface area contributed by atoms with Gasteiger partial charge in [-0.2, -0.15) is 0 Å². The minimum Gasteiger partial charge on any atom is -0.456 e. The summed E-state index contributed by atoms with van der Waals surface area (Å²) in [6, 6.07) is 7.89. The predicted molar refractivity (Wildman–Crippen MR) is 93.1 cm³/mol. The van der Waals surface area contributed by atoms with E-state index in [1.807, 2.05) is 13.0 Å². The highest BCUT2D eigenvalue weighted by Crippen LogP contribution is 2.20. The van der Waals surface area contributed by atoms with E-state index in [0.29, 0.717) is 9.90 Å². The molecule has 0 saturated carbocycles. The highest BCUT2D eigenvalue weighted by molar-refractivity contribution is 7.14. The number of carbonyl (C=O) groups is 3. The Hall–Kier alpha value is -1.89. The molecule has 0 aliphatic rings. The van der Waals surface area contributed by atoms with Crippen LogP contribution in [0.25, 0.3) is 0 Å². The van der Waals surface area contributed by atoms with Gasteiger partial charge >= 0.3 is 5.97 Å². The molecule has 2 rings (SSSR count). The molecule has 1 aromatic carbocycles. The van der Waals surface area contributed by atoms with E-state index < -0.39 is 11.9 Å². The van der Waals surface area contributed by atoms with E-state index in [0.717, 1.165) is 4.88 Å². The molecule has 2 aromatic rings. The summed E-state index contributed by atoms with van der Waals surface area (Å²) >= 11 is 13.0. The molecule has 1 heterocycles. The topological polar surface area (TPSA) is 72.5 Å². The quantitative estimate of drug-likeness (QED) is 0.609. The highest BCUT2D eigenvalue weighted by Gasteiger charge is 2.14. The number of thiophene rings is 1. The summed E-state index contributed by atoms with van der Waals surface area (Å²) < 4.78 is 4.85. The van der Waals surface area contributed by atoms with Crippen LogP contribution in [0.3, 0.4) is 0 Å². The first-order chi connectivity index (χ1) is 11.4. The van der Waals surface area contributed by atoms with Crippen molar-refractivity contribution in [2.45, 2.75) is 6.92 Å². The van der Waals surface area contributed by atoms with Crippen molar-refractivity contribution in [3.63, 3.8) is 0 Å². The normalized spacial score (nSPS) is 10.3. The van der Waals surface area contributed by atoms with Gasteiger partial charge in [-0.1, -0.05) is 23.2 Å². The lowest BCUT2D eigenvalue weighted by Crippen LogP contribution is -2.31. The fourth-order valence-electron chi connectivity index (χ4n) is 1.77. The lowest BCUT2D eigenvalue weighted by atomic mass is 10.2. The zero-order chi connectivity index (χ0) is 17.7. The average Bonchev–Trinajstić information content (AvgIpc) is 2.97. The number of nitrogens with one attached hydrogen (secondary N) is 1. The first kappa shape index (κ1) is 18.4. The summed E-state index contributed by atoms with van der Waals surface area (Å²) in [6.07, 6.45) is 0. The Balaban J connectivity index is 1.80. The van der Waals surface area contributed by atoms with Crippen LogP contribution in [0.15, 0.2) is 30.3 Å². The predicted octanol–water partition coefficient (Wildman–Crippen LogP) is 3.52. The van der Waals surface area contributed by atoms with E-state index in [1.54, 1.807) is 6.07 Å². The van der Waals surface area contributed by atoms with E-state index in [1.165, 1.54) is 29.5 Å². The van der Waals surface area contributed by atoms with Crippen molar-refractivity contribution in [1.82, 2.24) is 5.32 Å². The molecule has 1 N–H and O–H groups in total. The number of halogens is 2. The van der Waals surface area contributed by atoms with Crippen LogP contribution >= 0.6 is 34.5 Å². The molecule has 24 heavy (non-hydrogen) atoms. The van der Waals surface area contributed by atoms with Crippen molar-refractivity contribution in [2.24, 2.45) is 0 Å². The molecule has 0 spiro atoms. The molecule has 0 aliphatic carbocycles. The van der Waals surface area contributed by atoms with E-state index in [4.69, 9.17) is 27.9 Å². The summed E-state index contributed by atoms with van der Waals surface area (Å²) in [7, 11) is 0. The fourth-order valence-corrected chi connectivity index (χ4v) is 3.06. The molecular formula is C16H13Cl2NO4S. The van der Waals surface area contributed by atoms with Crippen LogP contribution in [0.1, 0.15) is 24.9 Å². The second kappa shape index (κ2) is 8.28. The van der Waals surface area contributed by atoms with Gasteiger partial charge in [0.2, 0.25) is 5.78 Å². The Morgan fingerprint density at radius 3 is 2.54 bits per heavy atom. The number of amides is 1. The number of esters is 1. The maximum Gasteiger partial charge on any atom is 0.325 e. The maximum atomic E-state index is 11.9. The van der Waals surface area contributed by atoms with Crippen LogP contribution in [-0.2, 0) is 9.53 Å². The summed E-state index contributed by atoms with van der Waals surface area (Å²) in [5.74, 6) is -1.53. The fraction of sp³-hybridized carbons (Fsp3) is 0.188. The molecule has 0 unspecified atom stereocenters. The summed E-state index contributed by atoms with van der Waals surface area (Å²) in [5, 5.41) is 2.96. The van der Waals surface area contributed by atoms with Crippen LogP contribution in [0.4, 0.5) is 0 Å². The zero-order valence-corrected chi connectivity index (χ0v) is 14.9. The van der Waals surface area contributed by atoms with Gasteiger partial charge in [0.05, 0.1) is 15.5 Å². The van der Waals surface area contributed by atoms with Gasteiger partial charge in [-0.3, -0.25) is 14.4 Å². The Morgan fingerprint density at radius 1 is 1.17 bits per heavy atom. The third-order valence-corrected chi connectivity index (χ3v) is 4.54. The average molecular weight is 386 g/mol. The number of carbonyl (C=O) groups excluding carboxylic acids is 3. The lowest BCUT2D eigenvalue weighted by molar-refractivity contribution is -0.141. The molecule has 0 fully saturated rings. The summed E-state index contributed by atoms with van der Waals surface area (Å²) in [5.41, 5.74) is 0.194. The summed E-state index contributed by atoms with van der Waals surface area (Å²) in [4.78, 5) is 36.9. The van der Waals surface area contributed by atoms with Gasteiger partial charge in [-0.15, -0.1) is 11.3 Å². The first-order valence-electron chi connectivity index (χ1n) is 6.85. The third kappa shape index (κ3) is 5.06. The largest absolute Gasteiger partial charge is 0.456 e. The van der Waals surface area contributed by atoms with Gasteiger partial charge in [-0.25, -0.2) is 0 Å². The van der Waals surface area contributed by atoms with Gasteiger partial charge in [0.15, 0.2) is 6.61 Å². The molecule has 1 aromatic heterocycles. The number of ketones is 1. The number of ether oxygens (including phenoxy) is 1. The first-order valence-corrected chi connectivity index (χ1v) is 8.42. The van der Waals surface area contributed by atoms with Crippen molar-refractivity contribution in [1.29, 1.82) is 0 Å². The van der Waals surface area contributed by atoms with E-state index >= 15 is 0 Å². The van der Waals surface area contributed by atoms with Crippen LogP contribution in [0.2, 0.25) is 10.0 Å². The van der Waals surface area contributed by atoms with Gasteiger partial charge in [0.25, 0.3) is 5.91 Å². The highest BCUT2D eigenvalue weighted by atomic mass is 35.5. The van der Waals surface area contributed by atoms with Crippen LogP contribution in [0.5, 0.6) is 0 Å². The zero-order valence-electron chi connectivity index (χ0n) is 12.6. The molecule has 5 nitrogen and oxygen atoms in total. The second-order valence-electron chi connectivity index (χ2n) is 4.80. The van der Waals surface area contributed by atoms with Crippen molar-refractivity contribution in [3.8, 4) is 0 Å². The summed E-state index contributed by atoms with van der Waals surface area (Å²) in [6.45, 7) is 1.15. The number of hydrogen-bond acceptors (Lipinski definition) is 5. The monoisotopic (exact) mass is 385 g/mol. The number of Topliss-reactive ketones (excluding diaryl/α,β-unsaturated/α-hetero) is 1. The second-order valence-corrected chi connectivity index (χ2v) is 6.93. The smallest absolute Gasteiger partial charge is 0.325 e. The Kier molecular flexibility index (Phi) is 6.36. The number of hydrogen-bond donors (Lipinski definition) is 1. The Morgan fingerprint density at radius 2 is 1.92 bits per heavy atom. The van der Waals surface area contributed by atoms with Crippen LogP contribution in [0, 0.1) is 6.92 Å². The van der Waals surface area contributed by atoms with Gasteiger partial charge in [0, 0.05) is 9.90 Å². The van der Waals surface area contributed by atoms with E-state index in [9.17, 15) is 14.4 Å². The Labute approximate surface area is 152 Å². The maximum absolute atomic E-state index is 11.9. The molecule has 8 heteroatoms. The molecule has 0 saturated heterocycles. The van der Waals surface area contributed by atoms with Crippen molar-refractivity contribution in [2.75, 3.05) is 13.2 Å². The SMILES string of the molecule is Cc1ccc(C(=O)COC(=O)CNC(=O)c2ccc(Cl)cc2Cl)s1. The molecular weight excluding hydrogens is 373 g/mol.